The van der Waals surface area contributed by atoms with Crippen LogP contribution < -0.4 is 0 Å². The zero-order chi connectivity index (χ0) is 9.30. The molecule has 3 atom stereocenters. The summed E-state index contributed by atoms with van der Waals surface area (Å²) in [6.45, 7) is 11.3. The van der Waals surface area contributed by atoms with Gasteiger partial charge in [0.1, 0.15) is 0 Å². The first-order chi connectivity index (χ1) is 5.52. The van der Waals surface area contributed by atoms with Crippen LogP contribution in [0, 0.1) is 11.8 Å². The van der Waals surface area contributed by atoms with Gasteiger partial charge in [0.25, 0.3) is 0 Å². The highest BCUT2D eigenvalue weighted by Gasteiger charge is 2.31. The van der Waals surface area contributed by atoms with Crippen LogP contribution in [0.4, 0.5) is 0 Å². The van der Waals surface area contributed by atoms with Gasteiger partial charge in [0, 0.05) is 19.1 Å². The Hall–Kier alpha value is 0.250. The van der Waals surface area contributed by atoms with E-state index in [1.165, 1.54) is 6.54 Å². The lowest BCUT2D eigenvalue weighted by molar-refractivity contribution is 0.202. The number of hydrogen-bond donors (Lipinski definition) is 0. The van der Waals surface area contributed by atoms with E-state index < -0.39 is 0 Å². The lowest BCUT2D eigenvalue weighted by atomic mass is 10.1. The third kappa shape index (κ3) is 2.14. The molecule has 0 bridgehead atoms. The smallest absolute Gasteiger partial charge is 0.0501 e. The van der Waals surface area contributed by atoms with E-state index in [0.717, 1.165) is 12.5 Å². The van der Waals surface area contributed by atoms with Crippen LogP contribution in [0.2, 0.25) is 0 Å². The minimum absolute atomic E-state index is 0.367. The van der Waals surface area contributed by atoms with Gasteiger partial charge in [0.15, 0.2) is 0 Å². The molecule has 2 heteroatoms. The standard InChI is InChI=1S/C10H20ClN/c1-7(2)9(4)12-5-8(3)10(11)6-12/h7-10H,5-6H2,1-4H3. The third-order valence-corrected chi connectivity index (χ3v) is 3.66. The fraction of sp³-hybridized carbons (Fsp3) is 1.00. The molecule has 1 rings (SSSR count). The van der Waals surface area contributed by atoms with Gasteiger partial charge in [-0.3, -0.25) is 4.90 Å². The highest BCUT2D eigenvalue weighted by molar-refractivity contribution is 6.21. The number of hydrogen-bond acceptors (Lipinski definition) is 1. The van der Waals surface area contributed by atoms with E-state index in [2.05, 4.69) is 32.6 Å². The second kappa shape index (κ2) is 3.97. The van der Waals surface area contributed by atoms with E-state index in [9.17, 15) is 0 Å². The van der Waals surface area contributed by atoms with Crippen LogP contribution in [0.15, 0.2) is 0 Å². The first-order valence-electron chi connectivity index (χ1n) is 4.90. The normalized spacial score (nSPS) is 34.5. The Labute approximate surface area is 81.1 Å². The van der Waals surface area contributed by atoms with E-state index in [0.29, 0.717) is 17.3 Å². The molecule has 0 radical (unpaired) electrons. The summed E-state index contributed by atoms with van der Waals surface area (Å²) >= 11 is 6.16. The van der Waals surface area contributed by atoms with Crippen molar-refractivity contribution in [3.63, 3.8) is 0 Å². The molecule has 12 heavy (non-hydrogen) atoms. The Morgan fingerprint density at radius 2 is 1.83 bits per heavy atom. The van der Waals surface area contributed by atoms with Gasteiger partial charge in [-0.2, -0.15) is 0 Å². The molecule has 1 aliphatic rings. The molecule has 0 amide bonds. The average molecular weight is 190 g/mol. The van der Waals surface area contributed by atoms with Crippen molar-refractivity contribution in [3.8, 4) is 0 Å². The molecule has 1 nitrogen and oxygen atoms in total. The minimum Gasteiger partial charge on any atom is -0.299 e. The Morgan fingerprint density at radius 1 is 1.25 bits per heavy atom. The van der Waals surface area contributed by atoms with Crippen LogP contribution in [0.3, 0.4) is 0 Å². The van der Waals surface area contributed by atoms with Gasteiger partial charge in [-0.05, 0) is 18.8 Å². The van der Waals surface area contributed by atoms with E-state index in [4.69, 9.17) is 11.6 Å². The van der Waals surface area contributed by atoms with Crippen molar-refractivity contribution in [2.75, 3.05) is 13.1 Å². The molecule has 0 saturated carbocycles. The first-order valence-corrected chi connectivity index (χ1v) is 5.34. The molecule has 0 aliphatic carbocycles. The highest BCUT2D eigenvalue weighted by Crippen LogP contribution is 2.25. The molecule has 0 spiro atoms. The number of halogens is 1. The van der Waals surface area contributed by atoms with Crippen molar-refractivity contribution in [1.29, 1.82) is 0 Å². The number of rotatable bonds is 2. The second-order valence-corrected chi connectivity index (χ2v) is 4.99. The topological polar surface area (TPSA) is 3.24 Å². The van der Waals surface area contributed by atoms with Gasteiger partial charge in [-0.25, -0.2) is 0 Å². The summed E-state index contributed by atoms with van der Waals surface area (Å²) in [5.41, 5.74) is 0. The van der Waals surface area contributed by atoms with E-state index >= 15 is 0 Å². The van der Waals surface area contributed by atoms with E-state index in [1.54, 1.807) is 0 Å². The van der Waals surface area contributed by atoms with E-state index in [1.807, 2.05) is 0 Å². The largest absolute Gasteiger partial charge is 0.299 e. The van der Waals surface area contributed by atoms with Gasteiger partial charge in [-0.15, -0.1) is 11.6 Å². The van der Waals surface area contributed by atoms with Crippen molar-refractivity contribution in [2.24, 2.45) is 11.8 Å². The fourth-order valence-corrected chi connectivity index (χ4v) is 1.97. The predicted octanol–water partition coefficient (Wildman–Crippen LogP) is 2.59. The summed E-state index contributed by atoms with van der Waals surface area (Å²) in [4.78, 5) is 2.51. The Balaban J connectivity index is 2.45. The molecule has 72 valence electrons. The van der Waals surface area contributed by atoms with Crippen LogP contribution in [0.5, 0.6) is 0 Å². The molecule has 0 aromatic heterocycles. The zero-order valence-electron chi connectivity index (χ0n) is 8.55. The van der Waals surface area contributed by atoms with Gasteiger partial charge in [0.2, 0.25) is 0 Å². The van der Waals surface area contributed by atoms with Crippen molar-refractivity contribution < 1.29 is 0 Å². The Bertz CT molecular complexity index is 137. The lowest BCUT2D eigenvalue weighted by Crippen LogP contribution is -2.35. The number of alkyl halides is 1. The maximum atomic E-state index is 6.16. The summed E-state index contributed by atoms with van der Waals surface area (Å²) in [6.07, 6.45) is 0. The summed E-state index contributed by atoms with van der Waals surface area (Å²) in [7, 11) is 0. The summed E-state index contributed by atoms with van der Waals surface area (Å²) in [6, 6.07) is 0.677. The van der Waals surface area contributed by atoms with E-state index in [-0.39, 0.29) is 0 Å². The second-order valence-electron chi connectivity index (χ2n) is 4.43. The molecule has 1 fully saturated rings. The molecule has 0 aromatic rings. The zero-order valence-corrected chi connectivity index (χ0v) is 9.30. The van der Waals surface area contributed by atoms with Crippen molar-refractivity contribution in [3.05, 3.63) is 0 Å². The lowest BCUT2D eigenvalue weighted by Gasteiger charge is -2.27. The maximum Gasteiger partial charge on any atom is 0.0501 e. The monoisotopic (exact) mass is 189 g/mol. The van der Waals surface area contributed by atoms with Gasteiger partial charge >= 0.3 is 0 Å². The van der Waals surface area contributed by atoms with Crippen molar-refractivity contribution in [1.82, 2.24) is 4.90 Å². The average Bonchev–Trinajstić information content (AvgIpc) is 2.30. The molecule has 0 N–H and O–H groups in total. The van der Waals surface area contributed by atoms with Crippen LogP contribution in [0.25, 0.3) is 0 Å². The SMILES string of the molecule is CC(C)C(C)N1CC(C)C(Cl)C1. The van der Waals surface area contributed by atoms with Gasteiger partial charge in [-0.1, -0.05) is 20.8 Å². The third-order valence-electron chi connectivity index (χ3n) is 3.09. The maximum absolute atomic E-state index is 6.16. The molecular weight excluding hydrogens is 170 g/mol. The molecule has 1 aliphatic heterocycles. The predicted molar refractivity (Wildman–Crippen MR) is 54.7 cm³/mol. The molecular formula is C10H20ClN. The Morgan fingerprint density at radius 3 is 2.17 bits per heavy atom. The fourth-order valence-electron chi connectivity index (χ4n) is 1.72. The van der Waals surface area contributed by atoms with Crippen LogP contribution in [-0.4, -0.2) is 29.4 Å². The number of nitrogens with zero attached hydrogens (tertiary/aromatic N) is 1. The van der Waals surface area contributed by atoms with Gasteiger partial charge in [0.05, 0.1) is 5.38 Å². The summed E-state index contributed by atoms with van der Waals surface area (Å²) in [5, 5.41) is 0.367. The quantitative estimate of drug-likeness (QED) is 0.604. The summed E-state index contributed by atoms with van der Waals surface area (Å²) < 4.78 is 0. The molecule has 3 unspecified atom stereocenters. The number of likely N-dealkylation sites (tertiary alicyclic amines) is 1. The van der Waals surface area contributed by atoms with Crippen LogP contribution in [0.1, 0.15) is 27.7 Å². The van der Waals surface area contributed by atoms with Crippen molar-refractivity contribution >= 4 is 11.6 Å². The first kappa shape index (κ1) is 10.3. The van der Waals surface area contributed by atoms with Crippen LogP contribution in [-0.2, 0) is 0 Å². The van der Waals surface area contributed by atoms with Gasteiger partial charge < -0.3 is 0 Å². The Kier molecular flexibility index (Phi) is 3.42. The minimum atomic E-state index is 0.367. The molecule has 0 aromatic carbocycles. The highest BCUT2D eigenvalue weighted by atomic mass is 35.5. The molecule has 1 heterocycles. The van der Waals surface area contributed by atoms with Crippen molar-refractivity contribution in [2.45, 2.75) is 39.1 Å². The summed E-state index contributed by atoms with van der Waals surface area (Å²) in [5.74, 6) is 1.40. The molecule has 1 saturated heterocycles. The van der Waals surface area contributed by atoms with Crippen LogP contribution >= 0.6 is 11.6 Å².